The maximum atomic E-state index is 12.2. The van der Waals surface area contributed by atoms with Crippen molar-refractivity contribution >= 4 is 62.2 Å². The van der Waals surface area contributed by atoms with Gasteiger partial charge >= 0.3 is 0 Å². The van der Waals surface area contributed by atoms with Crippen molar-refractivity contribution in [2.75, 3.05) is 4.72 Å². The molecule has 1 heterocycles. The normalized spacial score (nSPS) is 11.4. The standard InChI is InChI=1S/C10H5Cl4N3O2S/c11-5-1-6(12)10(7(13)2-5)20(18,19)17-9-3-8(14)15-4-16-9/h1-4H,(H,15,16,17). The van der Waals surface area contributed by atoms with E-state index in [9.17, 15) is 8.42 Å². The number of nitrogens with zero attached hydrogens (tertiary/aromatic N) is 2. The van der Waals surface area contributed by atoms with E-state index in [1.54, 1.807) is 0 Å². The number of aromatic nitrogens is 2. The van der Waals surface area contributed by atoms with Gasteiger partial charge in [0.15, 0.2) is 0 Å². The van der Waals surface area contributed by atoms with Crippen LogP contribution in [-0.4, -0.2) is 18.4 Å². The molecule has 5 nitrogen and oxygen atoms in total. The maximum absolute atomic E-state index is 12.2. The molecule has 0 aliphatic rings. The predicted molar refractivity (Wildman–Crippen MR) is 79.3 cm³/mol. The first-order chi connectivity index (χ1) is 9.29. The van der Waals surface area contributed by atoms with Crippen LogP contribution >= 0.6 is 46.4 Å². The van der Waals surface area contributed by atoms with Crippen molar-refractivity contribution in [2.24, 2.45) is 0 Å². The van der Waals surface area contributed by atoms with Gasteiger partial charge in [0.1, 0.15) is 22.2 Å². The van der Waals surface area contributed by atoms with Gasteiger partial charge in [-0.25, -0.2) is 18.4 Å². The number of halogens is 4. The van der Waals surface area contributed by atoms with Crippen LogP contribution in [-0.2, 0) is 10.0 Å². The first kappa shape index (κ1) is 15.6. The Bertz CT molecular complexity index is 744. The molecule has 0 amide bonds. The SMILES string of the molecule is O=S(=O)(Nc1cc(Cl)ncn1)c1c(Cl)cc(Cl)cc1Cl. The molecule has 0 fully saturated rings. The van der Waals surface area contributed by atoms with Gasteiger partial charge in [-0.2, -0.15) is 0 Å². The van der Waals surface area contributed by atoms with Gasteiger partial charge < -0.3 is 0 Å². The lowest BCUT2D eigenvalue weighted by atomic mass is 10.4. The molecule has 106 valence electrons. The highest BCUT2D eigenvalue weighted by Gasteiger charge is 2.23. The Kier molecular flexibility index (Phi) is 4.61. The van der Waals surface area contributed by atoms with Crippen molar-refractivity contribution in [3.8, 4) is 0 Å². The molecule has 1 N–H and O–H groups in total. The number of hydrogen-bond acceptors (Lipinski definition) is 4. The summed E-state index contributed by atoms with van der Waals surface area (Å²) in [6.07, 6.45) is 1.12. The fraction of sp³-hybridized carbons (Fsp3) is 0. The Labute approximate surface area is 134 Å². The first-order valence-electron chi connectivity index (χ1n) is 4.94. The number of sulfonamides is 1. The monoisotopic (exact) mass is 371 g/mol. The van der Waals surface area contributed by atoms with Crippen molar-refractivity contribution < 1.29 is 8.42 Å². The molecule has 0 saturated carbocycles. The molecule has 0 bridgehead atoms. The van der Waals surface area contributed by atoms with Gasteiger partial charge in [0.05, 0.1) is 10.0 Å². The highest BCUT2D eigenvalue weighted by atomic mass is 35.5. The van der Waals surface area contributed by atoms with Gasteiger partial charge in [-0.1, -0.05) is 46.4 Å². The fourth-order valence-corrected chi connectivity index (χ4v) is 4.06. The number of anilines is 1. The quantitative estimate of drug-likeness (QED) is 0.829. The van der Waals surface area contributed by atoms with Crippen molar-refractivity contribution in [3.63, 3.8) is 0 Å². The van der Waals surface area contributed by atoms with Crippen LogP contribution in [0, 0.1) is 0 Å². The van der Waals surface area contributed by atoms with Crippen LogP contribution < -0.4 is 4.72 Å². The molecule has 0 radical (unpaired) electrons. The summed E-state index contributed by atoms with van der Waals surface area (Å²) in [6.45, 7) is 0. The van der Waals surface area contributed by atoms with E-state index in [1.807, 2.05) is 0 Å². The summed E-state index contributed by atoms with van der Waals surface area (Å²) >= 11 is 23.1. The van der Waals surface area contributed by atoms with E-state index in [0.29, 0.717) is 0 Å². The van der Waals surface area contributed by atoms with Crippen molar-refractivity contribution in [1.82, 2.24) is 9.97 Å². The Balaban J connectivity index is 2.46. The minimum Gasteiger partial charge on any atom is -0.263 e. The third kappa shape index (κ3) is 3.45. The maximum Gasteiger partial charge on any atom is 0.266 e. The van der Waals surface area contributed by atoms with E-state index in [2.05, 4.69) is 14.7 Å². The molecule has 0 aliphatic heterocycles. The van der Waals surface area contributed by atoms with Crippen molar-refractivity contribution in [1.29, 1.82) is 0 Å². The van der Waals surface area contributed by atoms with Gasteiger partial charge in [-0.15, -0.1) is 0 Å². The smallest absolute Gasteiger partial charge is 0.263 e. The van der Waals surface area contributed by atoms with Crippen LogP contribution in [0.2, 0.25) is 20.2 Å². The fourth-order valence-electron chi connectivity index (χ4n) is 1.36. The van der Waals surface area contributed by atoms with Crippen molar-refractivity contribution in [3.05, 3.63) is 44.7 Å². The second-order valence-electron chi connectivity index (χ2n) is 3.53. The van der Waals surface area contributed by atoms with Gasteiger partial charge in [0, 0.05) is 11.1 Å². The molecule has 1 aromatic heterocycles. The topological polar surface area (TPSA) is 72.0 Å². The van der Waals surface area contributed by atoms with Crippen LogP contribution in [0.5, 0.6) is 0 Å². The molecule has 0 spiro atoms. The van der Waals surface area contributed by atoms with Gasteiger partial charge in [-0.3, -0.25) is 4.72 Å². The molecule has 1 aromatic carbocycles. The minimum absolute atomic E-state index is 0.00733. The molecule has 0 aliphatic carbocycles. The van der Waals surface area contributed by atoms with Gasteiger partial charge in [0.2, 0.25) is 0 Å². The zero-order valence-corrected chi connectivity index (χ0v) is 13.3. The van der Waals surface area contributed by atoms with E-state index in [1.165, 1.54) is 18.2 Å². The number of rotatable bonds is 3. The average molecular weight is 373 g/mol. The average Bonchev–Trinajstić information content (AvgIpc) is 2.25. The Morgan fingerprint density at radius 2 is 1.55 bits per heavy atom. The van der Waals surface area contributed by atoms with E-state index < -0.39 is 10.0 Å². The number of benzene rings is 1. The Morgan fingerprint density at radius 1 is 0.950 bits per heavy atom. The first-order valence-corrected chi connectivity index (χ1v) is 7.94. The molecular weight excluding hydrogens is 368 g/mol. The lowest BCUT2D eigenvalue weighted by Crippen LogP contribution is -2.15. The Morgan fingerprint density at radius 3 is 2.10 bits per heavy atom. The molecule has 0 saturated heterocycles. The number of nitrogens with one attached hydrogen (secondary N) is 1. The van der Waals surface area contributed by atoms with Crippen LogP contribution in [0.3, 0.4) is 0 Å². The second kappa shape index (κ2) is 5.91. The highest BCUT2D eigenvalue weighted by molar-refractivity contribution is 7.93. The molecule has 2 aromatic rings. The van der Waals surface area contributed by atoms with E-state index in [4.69, 9.17) is 46.4 Å². The van der Waals surface area contributed by atoms with Crippen molar-refractivity contribution in [2.45, 2.75) is 4.90 Å². The molecule has 10 heteroatoms. The lowest BCUT2D eigenvalue weighted by Gasteiger charge is -2.10. The summed E-state index contributed by atoms with van der Waals surface area (Å²) in [4.78, 5) is 7.08. The zero-order valence-electron chi connectivity index (χ0n) is 9.44. The van der Waals surface area contributed by atoms with Crippen LogP contribution in [0.1, 0.15) is 0 Å². The third-order valence-electron chi connectivity index (χ3n) is 2.10. The predicted octanol–water partition coefficient (Wildman–Crippen LogP) is 3.89. The summed E-state index contributed by atoms with van der Waals surface area (Å²) in [5.74, 6) is -0.00733. The van der Waals surface area contributed by atoms with Gasteiger partial charge in [0.25, 0.3) is 10.0 Å². The lowest BCUT2D eigenvalue weighted by molar-refractivity contribution is 0.601. The third-order valence-corrected chi connectivity index (χ3v) is 4.80. The molecule has 2 rings (SSSR count). The molecule has 0 atom stereocenters. The summed E-state index contributed by atoms with van der Waals surface area (Å²) < 4.78 is 26.7. The minimum atomic E-state index is -4.03. The summed E-state index contributed by atoms with van der Waals surface area (Å²) in [6, 6.07) is 3.80. The summed E-state index contributed by atoms with van der Waals surface area (Å²) in [5, 5.41) is 0.111. The summed E-state index contributed by atoms with van der Waals surface area (Å²) in [7, 11) is -4.03. The van der Waals surface area contributed by atoms with E-state index in [-0.39, 0.29) is 30.9 Å². The Hall–Kier alpha value is -0.790. The molecule has 0 unspecified atom stereocenters. The summed E-state index contributed by atoms with van der Waals surface area (Å²) in [5.41, 5.74) is 0. The zero-order chi connectivity index (χ0) is 14.9. The van der Waals surface area contributed by atoms with Crippen LogP contribution in [0.25, 0.3) is 0 Å². The second-order valence-corrected chi connectivity index (χ2v) is 6.79. The highest BCUT2D eigenvalue weighted by Crippen LogP contribution is 2.33. The number of hydrogen-bond donors (Lipinski definition) is 1. The molecule has 20 heavy (non-hydrogen) atoms. The van der Waals surface area contributed by atoms with E-state index in [0.717, 1.165) is 6.33 Å². The van der Waals surface area contributed by atoms with Gasteiger partial charge in [-0.05, 0) is 12.1 Å². The van der Waals surface area contributed by atoms with E-state index >= 15 is 0 Å². The van der Waals surface area contributed by atoms with Crippen LogP contribution in [0.4, 0.5) is 5.82 Å². The van der Waals surface area contributed by atoms with Crippen LogP contribution in [0.15, 0.2) is 29.4 Å². The largest absolute Gasteiger partial charge is 0.266 e. The molecular formula is C10H5Cl4N3O2S.